The molecule has 0 aromatic carbocycles. The lowest BCUT2D eigenvalue weighted by atomic mass is 10.7. The smallest absolute Gasteiger partial charge is 0.475 e. The fourth-order valence-electron chi connectivity index (χ4n) is 0. The molecule has 0 heterocycles. The Bertz CT molecular complexity index is 179. The van der Waals surface area contributed by atoms with Gasteiger partial charge in [-0.15, -0.1) is 0 Å². The summed E-state index contributed by atoms with van der Waals surface area (Å²) in [5.74, 6) is -2.76. The maximum atomic E-state index is 10.6. The van der Waals surface area contributed by atoms with Gasteiger partial charge in [-0.1, -0.05) is 6.58 Å². The Morgan fingerprint density at radius 3 is 1.82 bits per heavy atom. The van der Waals surface area contributed by atoms with Crippen LogP contribution < -0.4 is 0 Å². The number of carboxylic acid groups (broad SMARTS) is 1. The Hall–Kier alpha value is -1.51. The Kier molecular flexibility index (Phi) is 5.86. The van der Waals surface area contributed by atoms with Crippen molar-refractivity contribution >= 4 is 5.97 Å². The number of alkyl halides is 3. The molecule has 0 aliphatic rings. The van der Waals surface area contributed by atoms with E-state index in [0.717, 1.165) is 0 Å². The number of hydrogen-bond donors (Lipinski definition) is 1. The molecule has 1 N–H and O–H groups in total. The van der Waals surface area contributed by atoms with Gasteiger partial charge in [-0.3, -0.25) is 0 Å². The predicted molar refractivity (Wildman–Crippen MR) is 29.5 cm³/mol. The standard InChI is InChI=1S/C3H3N.C2HF3O2/c1-2-3-4;3-2(4,5)1(6)7/h2H,1H2;(H,6,7). The number of hydrogen-bond acceptors (Lipinski definition) is 2. The van der Waals surface area contributed by atoms with Crippen LogP contribution in [-0.2, 0) is 4.79 Å². The zero-order valence-electron chi connectivity index (χ0n) is 5.22. The van der Waals surface area contributed by atoms with E-state index in [1.165, 1.54) is 6.08 Å². The average Bonchev–Trinajstić information content (AvgIpc) is 1.87. The first kappa shape index (κ1) is 12.2. The van der Waals surface area contributed by atoms with Crippen LogP contribution in [0.1, 0.15) is 0 Å². The highest BCUT2D eigenvalue weighted by atomic mass is 19.4. The molecular weight excluding hydrogens is 163 g/mol. The van der Waals surface area contributed by atoms with Gasteiger partial charge in [0.2, 0.25) is 0 Å². The van der Waals surface area contributed by atoms with E-state index >= 15 is 0 Å². The SMILES string of the molecule is C=CC#N.O=C(O)C(F)(F)F. The lowest BCUT2D eigenvalue weighted by molar-refractivity contribution is -0.192. The largest absolute Gasteiger partial charge is 0.490 e. The van der Waals surface area contributed by atoms with Crippen molar-refractivity contribution in [3.05, 3.63) is 12.7 Å². The molecule has 0 rings (SSSR count). The summed E-state index contributed by atoms with van der Waals surface area (Å²) < 4.78 is 31.7. The summed E-state index contributed by atoms with van der Waals surface area (Å²) in [6.07, 6.45) is -3.90. The van der Waals surface area contributed by atoms with Crippen molar-refractivity contribution < 1.29 is 23.1 Å². The molecule has 0 aliphatic carbocycles. The van der Waals surface area contributed by atoms with Crippen LogP contribution in [-0.4, -0.2) is 17.3 Å². The molecule has 0 saturated carbocycles. The Balaban J connectivity index is 0. The fraction of sp³-hybridized carbons (Fsp3) is 0.200. The van der Waals surface area contributed by atoms with Gasteiger partial charge in [-0.2, -0.15) is 18.4 Å². The van der Waals surface area contributed by atoms with Crippen molar-refractivity contribution in [3.8, 4) is 6.07 Å². The second-order valence-corrected chi connectivity index (χ2v) is 1.14. The number of halogens is 3. The normalized spacial score (nSPS) is 8.55. The van der Waals surface area contributed by atoms with Gasteiger partial charge < -0.3 is 5.11 Å². The van der Waals surface area contributed by atoms with Crippen LogP contribution >= 0.6 is 0 Å². The minimum atomic E-state index is -5.08. The number of nitriles is 1. The quantitative estimate of drug-likeness (QED) is 0.553. The van der Waals surface area contributed by atoms with Crippen molar-refractivity contribution in [1.29, 1.82) is 5.26 Å². The summed E-state index contributed by atoms with van der Waals surface area (Å²) in [6.45, 7) is 3.12. The first-order valence-electron chi connectivity index (χ1n) is 2.17. The van der Waals surface area contributed by atoms with Crippen LogP contribution in [0.3, 0.4) is 0 Å². The summed E-state index contributed by atoms with van der Waals surface area (Å²) in [5, 5.41) is 14.6. The number of aliphatic carboxylic acids is 1. The highest BCUT2D eigenvalue weighted by molar-refractivity contribution is 5.73. The second-order valence-electron chi connectivity index (χ2n) is 1.14. The van der Waals surface area contributed by atoms with Gasteiger partial charge in [0, 0.05) is 6.08 Å². The van der Waals surface area contributed by atoms with E-state index in [1.54, 1.807) is 6.07 Å². The molecule has 0 aromatic heterocycles. The molecule has 0 aliphatic heterocycles. The minimum absolute atomic E-state index is 1.18. The molecule has 0 spiro atoms. The average molecular weight is 167 g/mol. The molecular formula is C5H4F3NO2. The van der Waals surface area contributed by atoms with E-state index in [0.29, 0.717) is 0 Å². The summed E-state index contributed by atoms with van der Waals surface area (Å²) in [7, 11) is 0. The summed E-state index contributed by atoms with van der Waals surface area (Å²) in [5.41, 5.74) is 0. The van der Waals surface area contributed by atoms with E-state index in [4.69, 9.17) is 15.2 Å². The number of allylic oxidation sites excluding steroid dienone is 1. The Morgan fingerprint density at radius 1 is 1.64 bits per heavy atom. The molecule has 62 valence electrons. The monoisotopic (exact) mass is 167 g/mol. The molecule has 0 saturated heterocycles. The maximum Gasteiger partial charge on any atom is 0.490 e. The van der Waals surface area contributed by atoms with E-state index < -0.39 is 12.1 Å². The lowest BCUT2D eigenvalue weighted by Crippen LogP contribution is -2.21. The van der Waals surface area contributed by atoms with Crippen LogP contribution in [0.15, 0.2) is 12.7 Å². The van der Waals surface area contributed by atoms with E-state index in [2.05, 4.69) is 6.58 Å². The van der Waals surface area contributed by atoms with E-state index in [1.807, 2.05) is 0 Å². The molecule has 0 atom stereocenters. The van der Waals surface area contributed by atoms with Crippen molar-refractivity contribution in [1.82, 2.24) is 0 Å². The first-order valence-corrected chi connectivity index (χ1v) is 2.17. The van der Waals surface area contributed by atoms with E-state index in [-0.39, 0.29) is 0 Å². The second kappa shape index (κ2) is 5.29. The molecule has 6 heteroatoms. The first-order chi connectivity index (χ1) is 4.86. The van der Waals surface area contributed by atoms with Crippen LogP contribution in [0, 0.1) is 11.3 Å². The van der Waals surface area contributed by atoms with Crippen molar-refractivity contribution in [2.75, 3.05) is 0 Å². The molecule has 0 fully saturated rings. The topological polar surface area (TPSA) is 61.1 Å². The molecule has 0 amide bonds. The minimum Gasteiger partial charge on any atom is -0.475 e. The molecule has 0 radical (unpaired) electrons. The number of rotatable bonds is 0. The Labute approximate surface area is 60.4 Å². The number of carboxylic acids is 1. The van der Waals surface area contributed by atoms with Crippen LogP contribution in [0.25, 0.3) is 0 Å². The van der Waals surface area contributed by atoms with Crippen LogP contribution in [0.2, 0.25) is 0 Å². The highest BCUT2D eigenvalue weighted by Gasteiger charge is 2.38. The van der Waals surface area contributed by atoms with Crippen LogP contribution in [0.4, 0.5) is 13.2 Å². The predicted octanol–water partition coefficient (Wildman–Crippen LogP) is 1.33. The highest BCUT2D eigenvalue weighted by Crippen LogP contribution is 2.13. The molecule has 11 heavy (non-hydrogen) atoms. The third-order valence-electron chi connectivity index (χ3n) is 0.334. The third-order valence-corrected chi connectivity index (χ3v) is 0.334. The van der Waals surface area contributed by atoms with Gasteiger partial charge in [0.05, 0.1) is 6.07 Å². The zero-order valence-corrected chi connectivity index (χ0v) is 5.22. The van der Waals surface area contributed by atoms with Crippen molar-refractivity contribution in [2.45, 2.75) is 6.18 Å². The van der Waals surface area contributed by atoms with E-state index in [9.17, 15) is 13.2 Å². The van der Waals surface area contributed by atoms with Gasteiger partial charge in [0.15, 0.2) is 0 Å². The third kappa shape index (κ3) is 11.9. The molecule has 3 nitrogen and oxygen atoms in total. The van der Waals surface area contributed by atoms with Gasteiger partial charge in [0.1, 0.15) is 0 Å². The fourth-order valence-corrected chi connectivity index (χ4v) is 0. The van der Waals surface area contributed by atoms with Crippen LogP contribution in [0.5, 0.6) is 0 Å². The van der Waals surface area contributed by atoms with Gasteiger partial charge in [-0.05, 0) is 0 Å². The van der Waals surface area contributed by atoms with Gasteiger partial charge in [0.25, 0.3) is 0 Å². The molecule has 0 aromatic rings. The van der Waals surface area contributed by atoms with Crippen molar-refractivity contribution in [3.63, 3.8) is 0 Å². The summed E-state index contributed by atoms with van der Waals surface area (Å²) >= 11 is 0. The Morgan fingerprint density at radius 2 is 1.82 bits per heavy atom. The van der Waals surface area contributed by atoms with Gasteiger partial charge in [-0.25, -0.2) is 4.79 Å². The molecule has 0 bridgehead atoms. The maximum absolute atomic E-state index is 10.6. The number of carbonyl (C=O) groups is 1. The van der Waals surface area contributed by atoms with Gasteiger partial charge >= 0.3 is 12.1 Å². The number of nitrogens with zero attached hydrogens (tertiary/aromatic N) is 1. The summed E-state index contributed by atoms with van der Waals surface area (Å²) in [6, 6.07) is 1.69. The summed E-state index contributed by atoms with van der Waals surface area (Å²) in [4.78, 5) is 8.90. The lowest BCUT2D eigenvalue weighted by Gasteiger charge is -1.93. The molecule has 0 unspecified atom stereocenters. The van der Waals surface area contributed by atoms with Crippen molar-refractivity contribution in [2.24, 2.45) is 0 Å². The zero-order chi connectivity index (χ0) is 9.49.